The number of ether oxygens (including phenoxy) is 3. The molecule has 0 saturated carbocycles. The molecule has 2 unspecified atom stereocenters. The first-order chi connectivity index (χ1) is 30.6. The summed E-state index contributed by atoms with van der Waals surface area (Å²) in [6.45, 7) is 4.44. The van der Waals surface area contributed by atoms with E-state index >= 15 is 0 Å². The number of carboxylic acids is 1. The van der Waals surface area contributed by atoms with Crippen molar-refractivity contribution >= 4 is 17.9 Å². The van der Waals surface area contributed by atoms with E-state index in [1.807, 2.05) is 12.2 Å². The Labute approximate surface area is 386 Å². The standard InChI is InChI=1S/C55H91NO7/c1-6-8-10-12-14-16-18-20-22-24-26-28-30-32-34-36-38-40-42-44-46-54(58)63-51(49-61-48-47-52(55(59)60)56(3,4)5)50-62-53(57)45-43-41-39-37-35-33-31-29-27-25-23-21-19-17-15-13-11-9-7-2/h9,11,15-18,20-23,27,29,33,35,39,41,51-52H,6-8,10,12-14,19,24-26,28,30-32,34,36-38,40,42-50H2,1-5H3/b11-9+,17-15+,18-16+,22-20+,23-21+,29-27+,35-33+,41-39+. The molecule has 0 N–H and O–H groups in total. The highest BCUT2D eigenvalue weighted by molar-refractivity contribution is 5.70. The van der Waals surface area contributed by atoms with Gasteiger partial charge in [0.05, 0.1) is 40.3 Å². The van der Waals surface area contributed by atoms with Gasteiger partial charge in [0.1, 0.15) is 12.6 Å². The third-order valence-corrected chi connectivity index (χ3v) is 10.5. The molecular formula is C55H91NO7. The minimum absolute atomic E-state index is 0.0103. The molecule has 0 amide bonds. The Kier molecular flexibility index (Phi) is 42.2. The van der Waals surface area contributed by atoms with Gasteiger partial charge in [0.2, 0.25) is 0 Å². The van der Waals surface area contributed by atoms with Gasteiger partial charge in [-0.05, 0) is 77.0 Å². The fraction of sp³-hybridized carbons (Fsp3) is 0.655. The fourth-order valence-corrected chi connectivity index (χ4v) is 6.68. The topological polar surface area (TPSA) is 102 Å². The van der Waals surface area contributed by atoms with Crippen LogP contribution < -0.4 is 5.11 Å². The summed E-state index contributed by atoms with van der Waals surface area (Å²) < 4.78 is 17.1. The van der Waals surface area contributed by atoms with Crippen LogP contribution in [-0.4, -0.2) is 75.5 Å². The third kappa shape index (κ3) is 43.3. The maximum atomic E-state index is 12.8. The molecule has 358 valence electrons. The summed E-state index contributed by atoms with van der Waals surface area (Å²) in [6, 6.07) is -0.743. The molecule has 0 heterocycles. The van der Waals surface area contributed by atoms with Crippen LogP contribution in [0.4, 0.5) is 0 Å². The number of carboxylic acid groups (broad SMARTS) is 1. The number of allylic oxidation sites excluding steroid dienone is 16. The lowest BCUT2D eigenvalue weighted by molar-refractivity contribution is -0.889. The molecule has 0 radical (unpaired) electrons. The largest absolute Gasteiger partial charge is 0.544 e. The Morgan fingerprint density at radius 3 is 1.44 bits per heavy atom. The monoisotopic (exact) mass is 878 g/mol. The first-order valence-corrected chi connectivity index (χ1v) is 24.8. The van der Waals surface area contributed by atoms with Gasteiger partial charge in [-0.2, -0.15) is 0 Å². The zero-order valence-corrected chi connectivity index (χ0v) is 40.7. The molecule has 0 aromatic carbocycles. The summed E-state index contributed by atoms with van der Waals surface area (Å²) in [5, 5.41) is 11.7. The number of likely N-dealkylation sites (N-methyl/N-ethyl adjacent to an activating group) is 1. The lowest BCUT2D eigenvalue weighted by atomic mass is 10.1. The van der Waals surface area contributed by atoms with Crippen LogP contribution in [0.15, 0.2) is 97.2 Å². The number of carbonyl (C=O) groups is 3. The van der Waals surface area contributed by atoms with E-state index in [1.165, 1.54) is 77.0 Å². The van der Waals surface area contributed by atoms with Crippen LogP contribution >= 0.6 is 0 Å². The van der Waals surface area contributed by atoms with Crippen LogP contribution in [0.3, 0.4) is 0 Å². The molecule has 0 rings (SSSR count). The van der Waals surface area contributed by atoms with Gasteiger partial charge in [0.15, 0.2) is 6.10 Å². The Hall–Kier alpha value is -3.75. The number of rotatable bonds is 43. The average molecular weight is 878 g/mol. The van der Waals surface area contributed by atoms with E-state index in [1.54, 1.807) is 21.1 Å². The van der Waals surface area contributed by atoms with E-state index in [-0.39, 0.29) is 49.1 Å². The maximum Gasteiger partial charge on any atom is 0.306 e. The number of esters is 2. The smallest absolute Gasteiger partial charge is 0.306 e. The summed E-state index contributed by atoms with van der Waals surface area (Å²) in [6.07, 6.45) is 60.2. The summed E-state index contributed by atoms with van der Waals surface area (Å²) in [4.78, 5) is 37.0. The number of hydrogen-bond donors (Lipinski definition) is 0. The van der Waals surface area contributed by atoms with Gasteiger partial charge in [0, 0.05) is 19.3 Å². The number of aliphatic carboxylic acids is 1. The molecule has 8 heteroatoms. The molecular weight excluding hydrogens is 787 g/mol. The Bertz CT molecular complexity index is 1350. The van der Waals surface area contributed by atoms with E-state index in [2.05, 4.69) is 98.9 Å². The van der Waals surface area contributed by atoms with Gasteiger partial charge in [-0.15, -0.1) is 0 Å². The van der Waals surface area contributed by atoms with E-state index in [0.717, 1.165) is 64.2 Å². The Balaban J connectivity index is 4.40. The molecule has 0 bridgehead atoms. The van der Waals surface area contributed by atoms with Crippen molar-refractivity contribution in [1.29, 1.82) is 0 Å². The van der Waals surface area contributed by atoms with Crippen LogP contribution in [0.5, 0.6) is 0 Å². The molecule has 0 aliphatic heterocycles. The second-order valence-electron chi connectivity index (χ2n) is 17.3. The minimum atomic E-state index is -1.14. The Morgan fingerprint density at radius 2 is 0.968 bits per heavy atom. The number of carbonyl (C=O) groups excluding carboxylic acids is 3. The lowest BCUT2D eigenvalue weighted by Gasteiger charge is -2.34. The van der Waals surface area contributed by atoms with Crippen molar-refractivity contribution in [2.24, 2.45) is 0 Å². The third-order valence-electron chi connectivity index (χ3n) is 10.5. The van der Waals surface area contributed by atoms with Gasteiger partial charge < -0.3 is 28.6 Å². The highest BCUT2D eigenvalue weighted by Gasteiger charge is 2.25. The summed E-state index contributed by atoms with van der Waals surface area (Å²) in [5.41, 5.74) is 0. The molecule has 8 nitrogen and oxygen atoms in total. The Morgan fingerprint density at radius 1 is 0.508 bits per heavy atom. The zero-order valence-electron chi connectivity index (χ0n) is 40.7. The number of unbranched alkanes of at least 4 members (excludes halogenated alkanes) is 14. The summed E-state index contributed by atoms with van der Waals surface area (Å²) in [7, 11) is 5.38. The highest BCUT2D eigenvalue weighted by Crippen LogP contribution is 2.14. The molecule has 63 heavy (non-hydrogen) atoms. The van der Waals surface area contributed by atoms with Crippen LogP contribution in [0.25, 0.3) is 0 Å². The quantitative estimate of drug-likeness (QED) is 0.0198. The maximum absolute atomic E-state index is 12.8. The van der Waals surface area contributed by atoms with Crippen molar-refractivity contribution in [3.8, 4) is 0 Å². The van der Waals surface area contributed by atoms with Crippen LogP contribution in [-0.2, 0) is 28.6 Å². The minimum Gasteiger partial charge on any atom is -0.544 e. The lowest BCUT2D eigenvalue weighted by Crippen LogP contribution is -2.55. The molecule has 0 spiro atoms. The molecule has 0 saturated heterocycles. The fourth-order valence-electron chi connectivity index (χ4n) is 6.68. The van der Waals surface area contributed by atoms with Crippen molar-refractivity contribution < 1.29 is 38.2 Å². The van der Waals surface area contributed by atoms with Crippen molar-refractivity contribution in [3.05, 3.63) is 97.2 Å². The van der Waals surface area contributed by atoms with E-state index in [4.69, 9.17) is 14.2 Å². The molecule has 0 aliphatic carbocycles. The van der Waals surface area contributed by atoms with Gasteiger partial charge in [-0.3, -0.25) is 9.59 Å². The van der Waals surface area contributed by atoms with Crippen LogP contribution in [0.1, 0.15) is 181 Å². The van der Waals surface area contributed by atoms with E-state index in [9.17, 15) is 19.5 Å². The molecule has 0 aromatic heterocycles. The van der Waals surface area contributed by atoms with Gasteiger partial charge in [-0.25, -0.2) is 0 Å². The molecule has 0 fully saturated rings. The van der Waals surface area contributed by atoms with E-state index in [0.29, 0.717) is 12.8 Å². The summed E-state index contributed by atoms with van der Waals surface area (Å²) in [5.74, 6) is -1.85. The van der Waals surface area contributed by atoms with Crippen LogP contribution in [0, 0.1) is 0 Å². The average Bonchev–Trinajstić information content (AvgIpc) is 3.24. The van der Waals surface area contributed by atoms with Gasteiger partial charge in [0.25, 0.3) is 0 Å². The first kappa shape index (κ1) is 59.2. The van der Waals surface area contributed by atoms with Crippen LogP contribution in [0.2, 0.25) is 0 Å². The van der Waals surface area contributed by atoms with E-state index < -0.39 is 18.1 Å². The van der Waals surface area contributed by atoms with Gasteiger partial charge in [-0.1, -0.05) is 182 Å². The number of quaternary nitrogens is 1. The van der Waals surface area contributed by atoms with Crippen molar-refractivity contribution in [2.45, 2.75) is 193 Å². The number of hydrogen-bond acceptors (Lipinski definition) is 7. The first-order valence-electron chi connectivity index (χ1n) is 24.8. The second kappa shape index (κ2) is 44.8. The highest BCUT2D eigenvalue weighted by atomic mass is 16.6. The normalized spacial score (nSPS) is 13.7. The van der Waals surface area contributed by atoms with Crippen molar-refractivity contribution in [3.63, 3.8) is 0 Å². The SMILES string of the molecule is CC/C=C/C/C=C/C/C=C/C/C=C/C/C=C/C/C=C/CCC(=O)OCC(COCCC(C(=O)[O-])[N+](C)(C)C)OC(=O)CCCCCCCCCCCC/C=C/C=C/CCCCCC. The second-order valence-corrected chi connectivity index (χ2v) is 17.3. The van der Waals surface area contributed by atoms with Crippen molar-refractivity contribution in [2.75, 3.05) is 41.0 Å². The van der Waals surface area contributed by atoms with Crippen molar-refractivity contribution in [1.82, 2.24) is 0 Å². The summed E-state index contributed by atoms with van der Waals surface area (Å²) >= 11 is 0. The van der Waals surface area contributed by atoms with Gasteiger partial charge >= 0.3 is 11.9 Å². The predicted molar refractivity (Wildman–Crippen MR) is 263 cm³/mol. The number of nitrogens with zero attached hydrogens (tertiary/aromatic N) is 1. The zero-order chi connectivity index (χ0) is 46.3. The molecule has 2 atom stereocenters. The molecule has 0 aromatic rings. The molecule has 0 aliphatic rings. The predicted octanol–water partition coefficient (Wildman–Crippen LogP) is 12.9.